The summed E-state index contributed by atoms with van der Waals surface area (Å²) in [6.45, 7) is 5.04. The van der Waals surface area contributed by atoms with Crippen molar-refractivity contribution in [2.75, 3.05) is 50.9 Å². The van der Waals surface area contributed by atoms with Gasteiger partial charge in [-0.1, -0.05) is 48.0 Å². The molecule has 10 aromatic rings. The van der Waals surface area contributed by atoms with Crippen molar-refractivity contribution in [3.63, 3.8) is 0 Å². The van der Waals surface area contributed by atoms with E-state index in [9.17, 15) is 4.79 Å². The van der Waals surface area contributed by atoms with Crippen molar-refractivity contribution >= 4 is 84.9 Å². The van der Waals surface area contributed by atoms with Crippen LogP contribution in [0.5, 0.6) is 23.0 Å². The number of piperazine rings is 1. The lowest BCUT2D eigenvalue weighted by Gasteiger charge is -2.32. The van der Waals surface area contributed by atoms with Crippen molar-refractivity contribution in [1.29, 1.82) is 0 Å². The lowest BCUT2D eigenvalue weighted by Crippen LogP contribution is -2.43. The molecule has 3 N–H and O–H groups in total. The van der Waals surface area contributed by atoms with Gasteiger partial charge in [-0.25, -0.2) is 4.98 Å². The highest BCUT2D eigenvalue weighted by molar-refractivity contribution is 6.31. The number of rotatable bonds is 11. The molecule has 0 unspecified atom stereocenters. The number of ether oxygens (including phenoxy) is 2. The van der Waals surface area contributed by atoms with Gasteiger partial charge in [0.05, 0.1) is 5.52 Å². The number of halogens is 1. The summed E-state index contributed by atoms with van der Waals surface area (Å²) < 4.78 is 23.7. The average Bonchev–Trinajstić information content (AvgIpc) is 3.95. The maximum Gasteiger partial charge on any atom is 0.301 e. The molecule has 1 amide bonds. The highest BCUT2D eigenvalue weighted by Gasteiger charge is 2.17. The first kappa shape index (κ1) is 42.8. The van der Waals surface area contributed by atoms with Crippen molar-refractivity contribution in [1.82, 2.24) is 40.0 Å². The van der Waals surface area contributed by atoms with Crippen LogP contribution in [-0.4, -0.2) is 80.9 Å². The number of amides is 1. The number of likely N-dealkylation sites (N-methyl/N-ethyl adjacent to an activating group) is 1. The molecule has 5 aromatic carbocycles. The third-order valence-electron chi connectivity index (χ3n) is 11.1. The van der Waals surface area contributed by atoms with Crippen molar-refractivity contribution in [3.05, 3.63) is 162 Å². The maximum absolute atomic E-state index is 11.8. The van der Waals surface area contributed by atoms with E-state index in [-0.39, 0.29) is 11.6 Å². The Morgan fingerprint density at radius 1 is 0.672 bits per heavy atom. The summed E-state index contributed by atoms with van der Waals surface area (Å²) in [5.41, 5.74) is 5.75. The van der Waals surface area contributed by atoms with Crippen molar-refractivity contribution in [2.24, 2.45) is 0 Å². The van der Waals surface area contributed by atoms with Gasteiger partial charge in [0.25, 0.3) is 11.9 Å². The monoisotopic (exact) mass is 910 g/mol. The Morgan fingerprint density at radius 3 is 2.13 bits per heavy atom. The van der Waals surface area contributed by atoms with E-state index in [1.54, 1.807) is 49.8 Å². The van der Waals surface area contributed by atoms with Crippen LogP contribution in [0.25, 0.3) is 43.9 Å². The number of carbonyl (C=O) groups excluding carboxylic acids is 1. The van der Waals surface area contributed by atoms with Gasteiger partial charge in [-0.15, -0.1) is 0 Å². The largest absolute Gasteiger partial charge is 0.457 e. The van der Waals surface area contributed by atoms with Gasteiger partial charge in [-0.05, 0) is 90.8 Å². The molecule has 15 nitrogen and oxygen atoms in total. The molecule has 1 fully saturated rings. The van der Waals surface area contributed by atoms with Gasteiger partial charge >= 0.3 is 6.01 Å². The Kier molecular flexibility index (Phi) is 12.2. The van der Waals surface area contributed by atoms with Crippen molar-refractivity contribution in [2.45, 2.75) is 6.54 Å². The zero-order valence-electron chi connectivity index (χ0n) is 36.4. The van der Waals surface area contributed by atoms with E-state index >= 15 is 0 Å². The van der Waals surface area contributed by atoms with Crippen LogP contribution in [0.3, 0.4) is 0 Å². The second kappa shape index (κ2) is 19.2. The van der Waals surface area contributed by atoms with E-state index in [2.05, 4.69) is 63.8 Å². The summed E-state index contributed by atoms with van der Waals surface area (Å²) in [5.74, 6) is 2.84. The summed E-state index contributed by atoms with van der Waals surface area (Å²) in [5, 5.41) is 12.8. The fraction of sp³-hybridized carbons (Fsp3) is 0.137. The molecule has 0 spiro atoms. The van der Waals surface area contributed by atoms with Crippen LogP contribution in [0.4, 0.5) is 23.5 Å². The van der Waals surface area contributed by atoms with E-state index < -0.39 is 0 Å². The standard InChI is InChI=1S/C28H26ClN5O2.C23H17N5O3/c1-33-12-14-34(15-13-33)18-19-16-20(6-8-23(19)29)31-28-32-25-17-21(7-9-27(25)36-28)35-26-10-11-30-24-5-3-2-4-22(24)26;1-24-22(29)19-12-17(8-9-25-19)30-16-6-7-20-18(11-16)27-23(31-20)28-21-10-14-4-2-3-5-15(14)13-26-21/h2-11,16-17H,12-15,18H2,1H3,(H,31,32);2-13H,1H3,(H,24,29)(H,26,27,28). The second-order valence-corrected chi connectivity index (χ2v) is 16.2. The fourth-order valence-electron chi connectivity index (χ4n) is 7.60. The van der Waals surface area contributed by atoms with Crippen molar-refractivity contribution < 1.29 is 23.1 Å². The third kappa shape index (κ3) is 10.1. The number of hydrogen-bond donors (Lipinski definition) is 3. The SMILES string of the molecule is CN1CCN(Cc2cc(Nc3nc4cc(Oc5ccnc6ccccc56)ccc4o3)ccc2Cl)CC1.CNC(=O)c1cc(Oc2ccc3oc(Nc4cc5ccccc5cn4)nc3c2)ccn1. The minimum absolute atomic E-state index is 0.275. The topological polar surface area (TPSA) is 169 Å². The lowest BCUT2D eigenvalue weighted by atomic mass is 10.1. The fourth-order valence-corrected chi connectivity index (χ4v) is 7.78. The maximum atomic E-state index is 11.8. The highest BCUT2D eigenvalue weighted by Crippen LogP contribution is 2.33. The predicted octanol–water partition coefficient (Wildman–Crippen LogP) is 11.0. The molecule has 16 heteroatoms. The Morgan fingerprint density at radius 2 is 1.36 bits per heavy atom. The Labute approximate surface area is 389 Å². The summed E-state index contributed by atoms with van der Waals surface area (Å²) in [7, 11) is 3.71. The molecule has 1 saturated heterocycles. The molecular formula is C51H43ClN10O5. The van der Waals surface area contributed by atoms with E-state index in [1.165, 1.54) is 6.20 Å². The third-order valence-corrected chi connectivity index (χ3v) is 11.5. The van der Waals surface area contributed by atoms with Crippen LogP contribution >= 0.6 is 11.6 Å². The molecule has 67 heavy (non-hydrogen) atoms. The summed E-state index contributed by atoms with van der Waals surface area (Å²) in [6.07, 6.45) is 5.07. The van der Waals surface area contributed by atoms with Crippen LogP contribution in [0, 0.1) is 0 Å². The zero-order valence-corrected chi connectivity index (χ0v) is 37.2. The number of fused-ring (bicyclic) bond motifs is 4. The Hall–Kier alpha value is -8.11. The average molecular weight is 911 g/mol. The number of nitrogens with zero attached hydrogens (tertiary/aromatic N) is 7. The Balaban J connectivity index is 0.000000159. The number of pyridine rings is 3. The molecule has 6 heterocycles. The minimum atomic E-state index is -0.282. The second-order valence-electron chi connectivity index (χ2n) is 15.8. The van der Waals surface area contributed by atoms with Gasteiger partial charge in [-0.3, -0.25) is 25.0 Å². The highest BCUT2D eigenvalue weighted by atomic mass is 35.5. The van der Waals surface area contributed by atoms with Gasteiger partial charge in [0.1, 0.15) is 45.5 Å². The lowest BCUT2D eigenvalue weighted by molar-refractivity contribution is 0.0957. The minimum Gasteiger partial charge on any atom is -0.457 e. The zero-order chi connectivity index (χ0) is 45.7. The van der Waals surface area contributed by atoms with Crippen LogP contribution < -0.4 is 25.4 Å². The molecule has 1 aliphatic rings. The number of benzene rings is 5. The first-order valence-corrected chi connectivity index (χ1v) is 21.9. The first-order valence-electron chi connectivity index (χ1n) is 21.6. The molecule has 0 saturated carbocycles. The van der Waals surface area contributed by atoms with Gasteiger partial charge in [0.15, 0.2) is 11.2 Å². The molecule has 334 valence electrons. The molecule has 0 atom stereocenters. The number of nitrogens with one attached hydrogen (secondary N) is 3. The molecule has 0 bridgehead atoms. The summed E-state index contributed by atoms with van der Waals surface area (Å²) in [4.78, 5) is 38.5. The van der Waals surface area contributed by atoms with Gasteiger partial charge in [-0.2, -0.15) is 9.97 Å². The predicted molar refractivity (Wildman–Crippen MR) is 260 cm³/mol. The molecule has 11 rings (SSSR count). The van der Waals surface area contributed by atoms with E-state index in [1.807, 2.05) is 91.0 Å². The first-order chi connectivity index (χ1) is 32.8. The molecular weight excluding hydrogens is 868 g/mol. The molecule has 0 radical (unpaired) electrons. The summed E-state index contributed by atoms with van der Waals surface area (Å²) >= 11 is 6.51. The Bertz CT molecular complexity index is 3380. The van der Waals surface area contributed by atoms with Crippen LogP contribution in [0.15, 0.2) is 155 Å². The van der Waals surface area contributed by atoms with Gasteiger partial charge < -0.3 is 33.8 Å². The van der Waals surface area contributed by atoms with Crippen molar-refractivity contribution in [3.8, 4) is 23.0 Å². The van der Waals surface area contributed by atoms with Crippen LogP contribution in [0.2, 0.25) is 5.02 Å². The number of para-hydroxylation sites is 1. The molecule has 0 aliphatic carbocycles. The number of oxazole rings is 2. The van der Waals surface area contributed by atoms with E-state index in [0.29, 0.717) is 57.3 Å². The number of aromatic nitrogens is 5. The molecule has 1 aliphatic heterocycles. The van der Waals surface area contributed by atoms with Gasteiger partial charge in [0, 0.05) is 98.0 Å². The normalized spacial score (nSPS) is 13.1. The van der Waals surface area contributed by atoms with Crippen LogP contribution in [-0.2, 0) is 6.54 Å². The number of anilines is 4. The van der Waals surface area contributed by atoms with E-state index in [4.69, 9.17) is 29.9 Å². The number of carbonyl (C=O) groups is 1. The van der Waals surface area contributed by atoms with E-state index in [0.717, 1.165) is 76.4 Å². The quantitative estimate of drug-likeness (QED) is 0.112. The smallest absolute Gasteiger partial charge is 0.301 e. The summed E-state index contributed by atoms with van der Waals surface area (Å²) in [6, 6.07) is 40.5. The van der Waals surface area contributed by atoms with Crippen LogP contribution in [0.1, 0.15) is 16.1 Å². The number of hydrogen-bond acceptors (Lipinski definition) is 14. The van der Waals surface area contributed by atoms with Gasteiger partial charge in [0.2, 0.25) is 0 Å². The molecule has 5 aromatic heterocycles.